The fraction of sp³-hybridized carbons (Fsp3) is 0.542. The highest BCUT2D eigenvalue weighted by atomic mass is 31.2. The van der Waals surface area contributed by atoms with E-state index >= 15 is 0 Å². The number of carbonyl (C=O) groups is 5. The van der Waals surface area contributed by atoms with Crippen molar-refractivity contribution < 1.29 is 61.4 Å². The maximum absolute atomic E-state index is 13.5. The van der Waals surface area contributed by atoms with Crippen molar-refractivity contribution in [3.05, 3.63) is 29.8 Å². The molecule has 2 aliphatic rings. The molecule has 1 unspecified atom stereocenters. The predicted octanol–water partition coefficient (Wildman–Crippen LogP) is 0.656. The van der Waals surface area contributed by atoms with E-state index in [1.807, 2.05) is 0 Å². The zero-order chi connectivity index (χ0) is 28.7. The Morgan fingerprint density at radius 2 is 1.64 bits per heavy atom. The number of hydrogen-bond acceptors (Lipinski definition) is 13. The zero-order valence-electron chi connectivity index (χ0n) is 21.8. The molecule has 0 saturated carbocycles. The molecule has 15 heteroatoms. The van der Waals surface area contributed by atoms with Gasteiger partial charge in [-0.05, 0) is 13.0 Å². The number of para-hydroxylation sites is 1. The molecule has 1 amide bonds. The lowest BCUT2D eigenvalue weighted by Gasteiger charge is -2.45. The van der Waals surface area contributed by atoms with Crippen LogP contribution < -0.4 is 14.7 Å². The van der Waals surface area contributed by atoms with Gasteiger partial charge in [-0.2, -0.15) is 4.52 Å². The second kappa shape index (κ2) is 13.3. The molecule has 0 aliphatic carbocycles. The number of rotatable bonds is 10. The van der Waals surface area contributed by atoms with E-state index in [0.29, 0.717) is 5.56 Å². The van der Waals surface area contributed by atoms with Crippen LogP contribution in [0.1, 0.15) is 46.1 Å². The summed E-state index contributed by atoms with van der Waals surface area (Å²) in [6, 6.07) is 5.21. The van der Waals surface area contributed by atoms with Crippen LogP contribution in [0.2, 0.25) is 0 Å². The second-order valence-corrected chi connectivity index (χ2v) is 10.4. The van der Waals surface area contributed by atoms with E-state index in [-0.39, 0.29) is 31.0 Å². The SMILES string of the molecule is CC(=O)CCC(=O)N[C@H]1[C@@H](O[P+]2([O-])OCc3ccccc3O2)O[C@H](COC(C)=O)[C@@H](OC(C)=O)[C@@H]1OC(C)=O. The van der Waals surface area contributed by atoms with E-state index in [1.165, 1.54) is 6.92 Å². The van der Waals surface area contributed by atoms with E-state index in [1.54, 1.807) is 24.3 Å². The number of fused-ring (bicyclic) bond motifs is 1. The maximum Gasteiger partial charge on any atom is 0.432 e. The number of nitrogens with one attached hydrogen (secondary N) is 1. The number of phosphoric ester groups is 1. The van der Waals surface area contributed by atoms with Crippen molar-refractivity contribution in [3.8, 4) is 5.75 Å². The maximum atomic E-state index is 13.5. The number of phosphoric acid groups is 1. The van der Waals surface area contributed by atoms with E-state index in [0.717, 1.165) is 20.8 Å². The molecule has 1 aromatic rings. The normalized spacial score (nSPS) is 27.8. The zero-order valence-corrected chi connectivity index (χ0v) is 22.7. The van der Waals surface area contributed by atoms with Crippen LogP contribution in [0, 0.1) is 0 Å². The van der Waals surface area contributed by atoms with Gasteiger partial charge in [-0.1, -0.05) is 18.2 Å². The minimum Gasteiger partial charge on any atom is -0.598 e. The number of hydrogen-bond donors (Lipinski definition) is 1. The number of esters is 3. The summed E-state index contributed by atoms with van der Waals surface area (Å²) >= 11 is 0. The van der Waals surface area contributed by atoms with Crippen LogP contribution in [-0.2, 0) is 58.6 Å². The van der Waals surface area contributed by atoms with Crippen molar-refractivity contribution in [1.82, 2.24) is 5.32 Å². The molecule has 1 aromatic carbocycles. The third-order valence-corrected chi connectivity index (χ3v) is 6.86. The smallest absolute Gasteiger partial charge is 0.432 e. The number of benzene rings is 1. The van der Waals surface area contributed by atoms with Gasteiger partial charge in [-0.25, -0.2) is 0 Å². The number of carbonyl (C=O) groups excluding carboxylic acids is 5. The van der Waals surface area contributed by atoms with Crippen molar-refractivity contribution in [1.29, 1.82) is 0 Å². The van der Waals surface area contributed by atoms with Crippen LogP contribution in [0.15, 0.2) is 24.3 Å². The predicted molar refractivity (Wildman–Crippen MR) is 128 cm³/mol. The molecule has 0 radical (unpaired) electrons. The van der Waals surface area contributed by atoms with Gasteiger partial charge in [-0.3, -0.25) is 23.7 Å². The third-order valence-electron chi connectivity index (χ3n) is 5.53. The lowest BCUT2D eigenvalue weighted by Crippen LogP contribution is -2.67. The summed E-state index contributed by atoms with van der Waals surface area (Å²) in [5.74, 6) is -2.99. The molecule has 0 spiro atoms. The van der Waals surface area contributed by atoms with Crippen molar-refractivity contribution in [2.24, 2.45) is 0 Å². The van der Waals surface area contributed by atoms with Crippen molar-refractivity contribution >= 4 is 37.8 Å². The van der Waals surface area contributed by atoms with Crippen LogP contribution in [0.25, 0.3) is 0 Å². The molecule has 0 bridgehead atoms. The molecule has 214 valence electrons. The van der Waals surface area contributed by atoms with E-state index in [9.17, 15) is 28.9 Å². The van der Waals surface area contributed by atoms with Crippen molar-refractivity contribution in [2.45, 2.75) is 77.8 Å². The lowest BCUT2D eigenvalue weighted by atomic mass is 9.96. The fourth-order valence-corrected chi connectivity index (χ4v) is 5.19. The average molecular weight is 571 g/mol. The fourth-order valence-electron chi connectivity index (χ4n) is 3.88. The van der Waals surface area contributed by atoms with Gasteiger partial charge >= 0.3 is 26.1 Å². The second-order valence-electron chi connectivity index (χ2n) is 8.81. The summed E-state index contributed by atoms with van der Waals surface area (Å²) < 4.78 is 38.2. The Morgan fingerprint density at radius 3 is 2.28 bits per heavy atom. The van der Waals surface area contributed by atoms with Crippen LogP contribution >= 0.6 is 8.17 Å². The quantitative estimate of drug-likeness (QED) is 0.235. The summed E-state index contributed by atoms with van der Waals surface area (Å²) in [7, 11) is -4.38. The van der Waals surface area contributed by atoms with E-state index in [2.05, 4.69) is 5.32 Å². The Morgan fingerprint density at radius 1 is 0.974 bits per heavy atom. The van der Waals surface area contributed by atoms with Crippen LogP contribution in [0.5, 0.6) is 5.75 Å². The molecular formula is C24H30NO13P. The first-order valence-corrected chi connectivity index (χ1v) is 13.5. The summed E-state index contributed by atoms with van der Waals surface area (Å²) in [6.45, 7) is 4.01. The minimum atomic E-state index is -4.38. The number of Topliss-reactive ketones (excluding diaryl/α,β-unsaturated/α-hetero) is 1. The molecule has 1 saturated heterocycles. The van der Waals surface area contributed by atoms with Crippen LogP contribution in [0.4, 0.5) is 0 Å². The first kappa shape index (κ1) is 30.4. The Labute approximate surface area is 224 Å². The van der Waals surface area contributed by atoms with Crippen LogP contribution in [0.3, 0.4) is 0 Å². The van der Waals surface area contributed by atoms with Crippen molar-refractivity contribution in [3.63, 3.8) is 0 Å². The molecule has 2 heterocycles. The molecule has 6 atom stereocenters. The highest BCUT2D eigenvalue weighted by molar-refractivity contribution is 7.54. The molecule has 2 aliphatic heterocycles. The highest BCUT2D eigenvalue weighted by Crippen LogP contribution is 2.59. The summed E-state index contributed by atoms with van der Waals surface area (Å²) in [5, 5.41) is 2.54. The van der Waals surface area contributed by atoms with Gasteiger partial charge < -0.3 is 34.0 Å². The van der Waals surface area contributed by atoms with Crippen LogP contribution in [-0.4, -0.2) is 66.8 Å². The molecule has 0 aromatic heterocycles. The largest absolute Gasteiger partial charge is 0.598 e. The molecule has 1 N–H and O–H groups in total. The van der Waals surface area contributed by atoms with Gasteiger partial charge in [0.1, 0.15) is 31.1 Å². The Hall–Kier alpha value is -3.16. The van der Waals surface area contributed by atoms with Gasteiger partial charge in [-0.15, -0.1) is 4.52 Å². The highest BCUT2D eigenvalue weighted by Gasteiger charge is 2.56. The van der Waals surface area contributed by atoms with E-state index < -0.39 is 69.2 Å². The Balaban J connectivity index is 1.97. The van der Waals surface area contributed by atoms with Gasteiger partial charge in [0.15, 0.2) is 18.0 Å². The number of amides is 1. The minimum absolute atomic E-state index is 0.0902. The molecular weight excluding hydrogens is 541 g/mol. The topological polar surface area (TPSA) is 185 Å². The first-order chi connectivity index (χ1) is 18.4. The molecule has 39 heavy (non-hydrogen) atoms. The Kier molecular flexibility index (Phi) is 10.3. The molecule has 1 fully saturated rings. The first-order valence-electron chi connectivity index (χ1n) is 12.0. The van der Waals surface area contributed by atoms with Gasteiger partial charge in [0.2, 0.25) is 12.2 Å². The lowest BCUT2D eigenvalue weighted by molar-refractivity contribution is -0.296. The summed E-state index contributed by atoms with van der Waals surface area (Å²) in [6.07, 6.45) is -6.15. The van der Waals surface area contributed by atoms with Gasteiger partial charge in [0.05, 0.1) is 0 Å². The van der Waals surface area contributed by atoms with Gasteiger partial charge in [0.25, 0.3) is 0 Å². The third kappa shape index (κ3) is 8.67. The Bertz CT molecular complexity index is 1100. The monoisotopic (exact) mass is 571 g/mol. The molecule has 14 nitrogen and oxygen atoms in total. The summed E-state index contributed by atoms with van der Waals surface area (Å²) in [5.41, 5.74) is 0.603. The number of ketones is 1. The number of ether oxygens (including phenoxy) is 4. The molecule has 3 rings (SSSR count). The van der Waals surface area contributed by atoms with E-state index in [4.69, 9.17) is 32.5 Å². The summed E-state index contributed by atoms with van der Waals surface area (Å²) in [4.78, 5) is 73.1. The van der Waals surface area contributed by atoms with Gasteiger partial charge in [0, 0.05) is 39.2 Å². The van der Waals surface area contributed by atoms with Crippen molar-refractivity contribution in [2.75, 3.05) is 6.61 Å². The standard InChI is InChI=1S/C24H30NO13P/c1-13(26)9-10-20(30)25-21-23(35-16(4)29)22(34-15(3)28)19(12-32-14(2)27)36-24(21)38-39(31)33-11-17-7-5-6-8-18(17)37-39/h5-8,19,21-24H,9-12H2,1-4H3,(H,25,30)/t19-,21-,22-,23-,24-,39?/m1/s1. The average Bonchev–Trinajstić information content (AvgIpc) is 2.84.